The lowest BCUT2D eigenvalue weighted by Crippen LogP contribution is -2.41. The second kappa shape index (κ2) is 5.16. The van der Waals surface area contributed by atoms with Gasteiger partial charge in [-0.05, 0) is 57.7 Å². The zero-order valence-electron chi connectivity index (χ0n) is 12.9. The second-order valence-electron chi connectivity index (χ2n) is 6.82. The number of hydrogen-bond acceptors (Lipinski definition) is 2. The smallest absolute Gasteiger partial charge is 0.119 e. The maximum absolute atomic E-state index is 5.52. The Morgan fingerprint density at radius 1 is 1.26 bits per heavy atom. The molecule has 1 aromatic carbocycles. The van der Waals surface area contributed by atoms with Gasteiger partial charge in [-0.25, -0.2) is 0 Å². The summed E-state index contributed by atoms with van der Waals surface area (Å²) in [5.74, 6) is 1.73. The summed E-state index contributed by atoms with van der Waals surface area (Å²) in [5.41, 5.74) is 1.96. The maximum Gasteiger partial charge on any atom is 0.119 e. The molecule has 1 aliphatic carbocycles. The average Bonchev–Trinajstić information content (AvgIpc) is 3.00. The minimum atomic E-state index is 0.181. The lowest BCUT2D eigenvalue weighted by molar-refractivity contribution is 0.340. The third-order valence-electron chi connectivity index (χ3n) is 4.13. The van der Waals surface area contributed by atoms with Crippen LogP contribution in [0.25, 0.3) is 0 Å². The first-order chi connectivity index (χ1) is 8.87. The van der Waals surface area contributed by atoms with E-state index >= 15 is 0 Å². The van der Waals surface area contributed by atoms with Crippen LogP contribution in [0.1, 0.15) is 46.6 Å². The molecular formula is C17H27NO. The van der Waals surface area contributed by atoms with Crippen LogP contribution in [0.5, 0.6) is 5.75 Å². The SMILES string of the molecule is CCOc1ccc(C2(CNC(C)(C)C)CC2C)cc1. The van der Waals surface area contributed by atoms with E-state index in [0.717, 1.165) is 24.8 Å². The van der Waals surface area contributed by atoms with Crippen molar-refractivity contribution in [3.8, 4) is 5.75 Å². The van der Waals surface area contributed by atoms with Crippen LogP contribution < -0.4 is 10.1 Å². The van der Waals surface area contributed by atoms with Gasteiger partial charge in [0.2, 0.25) is 0 Å². The Labute approximate surface area is 117 Å². The third kappa shape index (κ3) is 3.30. The number of benzene rings is 1. The molecule has 1 N–H and O–H groups in total. The fraction of sp³-hybridized carbons (Fsp3) is 0.647. The average molecular weight is 261 g/mol. The highest BCUT2D eigenvalue weighted by Gasteiger charge is 2.52. The standard InChI is InChI=1S/C17H27NO/c1-6-19-15-9-7-14(8-10-15)17(11-13(17)2)12-18-16(3,4)5/h7-10,13,18H,6,11-12H2,1-5H3. The van der Waals surface area contributed by atoms with Gasteiger partial charge in [-0.1, -0.05) is 19.1 Å². The van der Waals surface area contributed by atoms with Crippen molar-refractivity contribution in [3.63, 3.8) is 0 Å². The van der Waals surface area contributed by atoms with Crippen LogP contribution in [-0.4, -0.2) is 18.7 Å². The second-order valence-corrected chi connectivity index (χ2v) is 6.82. The Hall–Kier alpha value is -1.02. The Kier molecular flexibility index (Phi) is 3.91. The van der Waals surface area contributed by atoms with Crippen LogP contribution >= 0.6 is 0 Å². The molecule has 2 unspecified atom stereocenters. The van der Waals surface area contributed by atoms with Gasteiger partial charge in [-0.3, -0.25) is 0 Å². The first kappa shape index (κ1) is 14.4. The summed E-state index contributed by atoms with van der Waals surface area (Å²) in [5, 5.41) is 3.66. The van der Waals surface area contributed by atoms with Gasteiger partial charge < -0.3 is 10.1 Å². The topological polar surface area (TPSA) is 21.3 Å². The quantitative estimate of drug-likeness (QED) is 0.871. The van der Waals surface area contributed by atoms with E-state index in [1.807, 2.05) is 6.92 Å². The number of ether oxygens (including phenoxy) is 1. The summed E-state index contributed by atoms with van der Waals surface area (Å²) >= 11 is 0. The predicted octanol–water partition coefficient (Wildman–Crippen LogP) is 3.75. The van der Waals surface area contributed by atoms with Crippen molar-refractivity contribution in [1.82, 2.24) is 5.32 Å². The summed E-state index contributed by atoms with van der Waals surface area (Å²) in [6, 6.07) is 8.67. The monoisotopic (exact) mass is 261 g/mol. The molecular weight excluding hydrogens is 234 g/mol. The van der Waals surface area contributed by atoms with Crippen molar-refractivity contribution in [2.24, 2.45) is 5.92 Å². The van der Waals surface area contributed by atoms with Crippen LogP contribution in [0.4, 0.5) is 0 Å². The first-order valence-corrected chi connectivity index (χ1v) is 7.36. The van der Waals surface area contributed by atoms with Gasteiger partial charge in [-0.15, -0.1) is 0 Å². The molecule has 106 valence electrons. The molecule has 0 amide bonds. The van der Waals surface area contributed by atoms with Crippen LogP contribution in [0, 0.1) is 5.92 Å². The van der Waals surface area contributed by atoms with Crippen LogP contribution in [0.15, 0.2) is 24.3 Å². The molecule has 2 heteroatoms. The van der Waals surface area contributed by atoms with E-state index in [1.165, 1.54) is 12.0 Å². The molecule has 2 atom stereocenters. The van der Waals surface area contributed by atoms with Crippen molar-refractivity contribution in [3.05, 3.63) is 29.8 Å². The third-order valence-corrected chi connectivity index (χ3v) is 4.13. The Bertz CT molecular complexity index is 418. The molecule has 1 aromatic rings. The van der Waals surface area contributed by atoms with Gasteiger partial charge in [0.25, 0.3) is 0 Å². The lowest BCUT2D eigenvalue weighted by Gasteiger charge is -2.26. The molecule has 1 aliphatic rings. The number of rotatable bonds is 5. The molecule has 2 nitrogen and oxygen atoms in total. The van der Waals surface area contributed by atoms with Gasteiger partial charge in [0.15, 0.2) is 0 Å². The van der Waals surface area contributed by atoms with Crippen molar-refractivity contribution in [1.29, 1.82) is 0 Å². The van der Waals surface area contributed by atoms with Crippen molar-refractivity contribution in [2.75, 3.05) is 13.2 Å². The predicted molar refractivity (Wildman–Crippen MR) is 80.8 cm³/mol. The van der Waals surface area contributed by atoms with Crippen LogP contribution in [-0.2, 0) is 5.41 Å². The summed E-state index contributed by atoms with van der Waals surface area (Å²) in [6.45, 7) is 12.8. The van der Waals surface area contributed by atoms with E-state index < -0.39 is 0 Å². The lowest BCUT2D eigenvalue weighted by atomic mass is 9.92. The molecule has 2 rings (SSSR count). The van der Waals surface area contributed by atoms with E-state index in [0.29, 0.717) is 5.41 Å². The molecule has 0 saturated heterocycles. The van der Waals surface area contributed by atoms with Crippen LogP contribution in [0.3, 0.4) is 0 Å². The first-order valence-electron chi connectivity index (χ1n) is 7.36. The van der Waals surface area contributed by atoms with Crippen molar-refractivity contribution >= 4 is 0 Å². The maximum atomic E-state index is 5.52. The zero-order chi connectivity index (χ0) is 14.1. The highest BCUT2D eigenvalue weighted by molar-refractivity contribution is 5.38. The summed E-state index contributed by atoms with van der Waals surface area (Å²) in [7, 11) is 0. The van der Waals surface area contributed by atoms with Crippen molar-refractivity contribution in [2.45, 2.75) is 52.0 Å². The van der Waals surface area contributed by atoms with Gasteiger partial charge >= 0.3 is 0 Å². The molecule has 1 fully saturated rings. The summed E-state index contributed by atoms with van der Waals surface area (Å²) in [6.07, 6.45) is 1.28. The van der Waals surface area contributed by atoms with Gasteiger partial charge in [0.05, 0.1) is 6.61 Å². The Balaban J connectivity index is 2.09. The number of nitrogens with one attached hydrogen (secondary N) is 1. The van der Waals surface area contributed by atoms with E-state index in [4.69, 9.17) is 4.74 Å². The van der Waals surface area contributed by atoms with E-state index in [9.17, 15) is 0 Å². The Morgan fingerprint density at radius 3 is 2.26 bits per heavy atom. The summed E-state index contributed by atoms with van der Waals surface area (Å²) < 4.78 is 5.52. The fourth-order valence-corrected chi connectivity index (χ4v) is 2.71. The molecule has 0 aliphatic heterocycles. The molecule has 0 bridgehead atoms. The highest BCUT2D eigenvalue weighted by Crippen LogP contribution is 2.53. The molecule has 19 heavy (non-hydrogen) atoms. The molecule has 1 saturated carbocycles. The van der Waals surface area contributed by atoms with Gasteiger partial charge in [0.1, 0.15) is 5.75 Å². The number of hydrogen-bond donors (Lipinski definition) is 1. The molecule has 0 heterocycles. The molecule has 0 spiro atoms. The highest BCUT2D eigenvalue weighted by atomic mass is 16.5. The largest absolute Gasteiger partial charge is 0.494 e. The van der Waals surface area contributed by atoms with Crippen LogP contribution in [0.2, 0.25) is 0 Å². The van der Waals surface area contributed by atoms with Crippen molar-refractivity contribution < 1.29 is 4.74 Å². The van der Waals surface area contributed by atoms with E-state index in [1.54, 1.807) is 0 Å². The minimum Gasteiger partial charge on any atom is -0.494 e. The fourth-order valence-electron chi connectivity index (χ4n) is 2.71. The normalized spacial score (nSPS) is 26.3. The zero-order valence-corrected chi connectivity index (χ0v) is 12.9. The van der Waals surface area contributed by atoms with Gasteiger partial charge in [-0.2, -0.15) is 0 Å². The Morgan fingerprint density at radius 2 is 1.84 bits per heavy atom. The van der Waals surface area contributed by atoms with E-state index in [-0.39, 0.29) is 5.54 Å². The van der Waals surface area contributed by atoms with Gasteiger partial charge in [0, 0.05) is 17.5 Å². The van der Waals surface area contributed by atoms with E-state index in [2.05, 4.69) is 57.3 Å². The summed E-state index contributed by atoms with van der Waals surface area (Å²) in [4.78, 5) is 0. The molecule has 0 radical (unpaired) electrons. The minimum absolute atomic E-state index is 0.181. The molecule has 0 aromatic heterocycles.